The van der Waals surface area contributed by atoms with Crippen LogP contribution in [-0.4, -0.2) is 0 Å². The smallest absolute Gasteiger partial charge is 0.0462 e. The fourth-order valence-corrected chi connectivity index (χ4v) is 2.51. The molecule has 0 saturated heterocycles. The van der Waals surface area contributed by atoms with Gasteiger partial charge in [0.1, 0.15) is 0 Å². The molecule has 0 atom stereocenters. The minimum absolute atomic E-state index is 0.309. The normalized spacial score (nSPS) is 8.28. The van der Waals surface area contributed by atoms with Crippen molar-refractivity contribution in [2.75, 3.05) is 0 Å². The van der Waals surface area contributed by atoms with Crippen LogP contribution in [-0.2, 0) is 0 Å². The fraction of sp³-hybridized carbons (Fsp3) is 0.0455. The minimum Gasteiger partial charge on any atom is -0.202 e. The molecule has 0 heterocycles. The van der Waals surface area contributed by atoms with Gasteiger partial charge in [0.15, 0.2) is 0 Å². The molecule has 0 unspecified atom stereocenters. The number of rotatable bonds is 3. The first kappa shape index (κ1) is 21.1. The summed E-state index contributed by atoms with van der Waals surface area (Å²) < 4.78 is 0. The molecule has 0 radical (unpaired) electrons. The maximum absolute atomic E-state index is 6.50. The third-order valence-corrected chi connectivity index (χ3v) is 3.40. The summed E-state index contributed by atoms with van der Waals surface area (Å²) in [5.74, 6) is 0.309. The Labute approximate surface area is 149 Å². The summed E-state index contributed by atoms with van der Waals surface area (Å²) in [6.07, 6.45) is 0. The van der Waals surface area contributed by atoms with Crippen LogP contribution in [0.1, 0.15) is 22.6 Å². The van der Waals surface area contributed by atoms with Gasteiger partial charge in [-0.15, -0.1) is 0 Å². The van der Waals surface area contributed by atoms with Crippen molar-refractivity contribution in [2.24, 2.45) is 0 Å². The first-order valence-electron chi connectivity index (χ1n) is 7.37. The molecular weight excluding hydrogens is 306 g/mol. The van der Waals surface area contributed by atoms with E-state index in [1.54, 1.807) is 0 Å². The minimum atomic E-state index is 0.309. The van der Waals surface area contributed by atoms with Gasteiger partial charge in [0.05, 0.1) is 0 Å². The largest absolute Gasteiger partial charge is 0.202 e. The highest BCUT2D eigenvalue weighted by Crippen LogP contribution is 2.31. The van der Waals surface area contributed by atoms with Gasteiger partial charge in [-0.1, -0.05) is 91.0 Å². The molecule has 3 aromatic rings. The fourth-order valence-electron chi connectivity index (χ4n) is 2.51. The molecular formula is C22H19N3. The Morgan fingerprint density at radius 1 is 0.400 bits per heavy atom. The van der Waals surface area contributed by atoms with Crippen molar-refractivity contribution >= 4 is 0 Å². The van der Waals surface area contributed by atoms with Gasteiger partial charge in [-0.25, -0.2) is 15.8 Å². The number of hydrogen-bond donors (Lipinski definition) is 0. The van der Waals surface area contributed by atoms with Crippen LogP contribution in [0.3, 0.4) is 0 Å². The molecule has 25 heavy (non-hydrogen) atoms. The summed E-state index contributed by atoms with van der Waals surface area (Å²) in [4.78, 5) is 0. The van der Waals surface area contributed by atoms with Crippen molar-refractivity contribution in [1.82, 2.24) is 0 Å². The maximum atomic E-state index is 6.50. The van der Waals surface area contributed by atoms with E-state index >= 15 is 0 Å². The summed E-state index contributed by atoms with van der Waals surface area (Å²) in [6, 6.07) is 32.0. The summed E-state index contributed by atoms with van der Waals surface area (Å²) >= 11 is 0. The topological polar surface area (TPSA) is 71.4 Å². The van der Waals surface area contributed by atoms with Crippen molar-refractivity contribution in [2.45, 2.75) is 5.92 Å². The zero-order valence-electron chi connectivity index (χ0n) is 13.8. The van der Waals surface area contributed by atoms with Crippen LogP contribution in [0.15, 0.2) is 91.0 Å². The van der Waals surface area contributed by atoms with Crippen molar-refractivity contribution in [3.8, 4) is 19.7 Å². The van der Waals surface area contributed by atoms with Crippen LogP contribution in [0.25, 0.3) is 0 Å². The van der Waals surface area contributed by atoms with Gasteiger partial charge >= 0.3 is 0 Å². The standard InChI is InChI=1S/C19H16.3CHN/c1-4-10-16(11-5-1)19(17-12-6-2-7-13-17)18-14-8-3-9-15-18;3*1-2/h1-15,19H;3*1H. The lowest BCUT2D eigenvalue weighted by molar-refractivity contribution is 0.977. The predicted molar refractivity (Wildman–Crippen MR) is 100 cm³/mol. The van der Waals surface area contributed by atoms with E-state index < -0.39 is 0 Å². The predicted octanol–water partition coefficient (Wildman–Crippen LogP) is 5.29. The van der Waals surface area contributed by atoms with Crippen molar-refractivity contribution in [3.63, 3.8) is 0 Å². The van der Waals surface area contributed by atoms with Crippen LogP contribution in [0.4, 0.5) is 0 Å². The van der Waals surface area contributed by atoms with Crippen molar-refractivity contribution in [3.05, 3.63) is 108 Å². The Balaban J connectivity index is 0.000000871. The lowest BCUT2D eigenvalue weighted by Gasteiger charge is -2.18. The lowest BCUT2D eigenvalue weighted by atomic mass is 9.85. The highest BCUT2D eigenvalue weighted by Gasteiger charge is 2.15. The van der Waals surface area contributed by atoms with Gasteiger partial charge < -0.3 is 0 Å². The highest BCUT2D eigenvalue weighted by atomic mass is 14.2. The molecule has 0 aliphatic heterocycles. The Morgan fingerprint density at radius 3 is 0.800 bits per heavy atom. The van der Waals surface area contributed by atoms with E-state index in [1.807, 2.05) is 0 Å². The monoisotopic (exact) mass is 325 g/mol. The Hall–Kier alpha value is -3.87. The van der Waals surface area contributed by atoms with Gasteiger partial charge in [0.25, 0.3) is 0 Å². The average molecular weight is 325 g/mol. The van der Waals surface area contributed by atoms with Crippen LogP contribution >= 0.6 is 0 Å². The third kappa shape index (κ3) is 6.41. The Morgan fingerprint density at radius 2 is 0.600 bits per heavy atom. The first-order chi connectivity index (χ1) is 12.4. The van der Waals surface area contributed by atoms with Gasteiger partial charge in [-0.2, -0.15) is 0 Å². The molecule has 0 bridgehead atoms. The summed E-state index contributed by atoms with van der Waals surface area (Å²) in [5, 5.41) is 19.5. The zero-order chi connectivity index (χ0) is 18.9. The van der Waals surface area contributed by atoms with Crippen LogP contribution < -0.4 is 0 Å². The number of nitriles is 3. The molecule has 0 aromatic heterocycles. The second-order valence-electron chi connectivity index (χ2n) is 4.67. The molecule has 0 fully saturated rings. The van der Waals surface area contributed by atoms with E-state index in [-0.39, 0.29) is 0 Å². The Bertz CT molecular complexity index is 637. The quantitative estimate of drug-likeness (QED) is 0.614. The Kier molecular flexibility index (Phi) is 11.6. The molecule has 3 rings (SSSR count). The molecule has 3 heteroatoms. The van der Waals surface area contributed by atoms with Crippen LogP contribution in [0.5, 0.6) is 0 Å². The third-order valence-electron chi connectivity index (χ3n) is 3.40. The van der Waals surface area contributed by atoms with Crippen molar-refractivity contribution < 1.29 is 0 Å². The molecule has 122 valence electrons. The number of benzene rings is 3. The molecule has 0 aliphatic rings. The second kappa shape index (κ2) is 13.8. The van der Waals surface area contributed by atoms with Crippen LogP contribution in [0, 0.1) is 35.5 Å². The molecule has 0 amide bonds. The van der Waals surface area contributed by atoms with Gasteiger partial charge in [0, 0.05) is 25.6 Å². The molecule has 3 aromatic carbocycles. The van der Waals surface area contributed by atoms with E-state index in [2.05, 4.69) is 111 Å². The second-order valence-corrected chi connectivity index (χ2v) is 4.67. The first-order valence-corrected chi connectivity index (χ1v) is 7.37. The zero-order valence-corrected chi connectivity index (χ0v) is 13.8. The van der Waals surface area contributed by atoms with Crippen LogP contribution in [0.2, 0.25) is 0 Å². The average Bonchev–Trinajstić information content (AvgIpc) is 2.75. The SMILES string of the molecule is C#N.C#N.C#N.c1ccc(C(c2ccccc2)c2ccccc2)cc1. The number of hydrogen-bond acceptors (Lipinski definition) is 3. The van der Waals surface area contributed by atoms with E-state index in [9.17, 15) is 0 Å². The molecule has 0 saturated carbocycles. The summed E-state index contributed by atoms with van der Waals surface area (Å²) in [7, 11) is 0. The van der Waals surface area contributed by atoms with Gasteiger partial charge in [0.2, 0.25) is 0 Å². The summed E-state index contributed by atoms with van der Waals surface area (Å²) in [5.41, 5.74) is 4.00. The molecule has 3 nitrogen and oxygen atoms in total. The summed E-state index contributed by atoms with van der Waals surface area (Å²) in [6.45, 7) is 10.5. The molecule has 0 spiro atoms. The van der Waals surface area contributed by atoms with E-state index in [0.29, 0.717) is 5.92 Å². The van der Waals surface area contributed by atoms with E-state index in [0.717, 1.165) is 0 Å². The highest BCUT2D eigenvalue weighted by molar-refractivity contribution is 5.42. The maximum Gasteiger partial charge on any atom is 0.0462 e. The van der Waals surface area contributed by atoms with Gasteiger partial charge in [-0.3, -0.25) is 0 Å². The van der Waals surface area contributed by atoms with E-state index in [4.69, 9.17) is 15.8 Å². The van der Waals surface area contributed by atoms with E-state index in [1.165, 1.54) is 16.7 Å². The van der Waals surface area contributed by atoms with Gasteiger partial charge in [-0.05, 0) is 16.7 Å². The molecule has 0 aliphatic carbocycles. The number of nitrogens with zero attached hydrogens (tertiary/aromatic N) is 3. The molecule has 0 N–H and O–H groups in total. The lowest BCUT2D eigenvalue weighted by Crippen LogP contribution is -2.02. The van der Waals surface area contributed by atoms with Crippen molar-refractivity contribution in [1.29, 1.82) is 15.8 Å².